The van der Waals surface area contributed by atoms with Crippen molar-refractivity contribution in [3.8, 4) is 0 Å². The summed E-state index contributed by atoms with van der Waals surface area (Å²) in [5.74, 6) is -0.522. The topological polar surface area (TPSA) is 66.8 Å². The molecule has 1 aromatic carbocycles. The summed E-state index contributed by atoms with van der Waals surface area (Å²) >= 11 is 5.70. The van der Waals surface area contributed by atoms with Gasteiger partial charge in [0, 0.05) is 10.5 Å². The van der Waals surface area contributed by atoms with Crippen LogP contribution in [0.4, 0.5) is 0 Å². The molecule has 0 bridgehead atoms. The predicted molar refractivity (Wildman–Crippen MR) is 64.0 cm³/mol. The van der Waals surface area contributed by atoms with Gasteiger partial charge < -0.3 is 14.8 Å². The molecule has 1 rings (SSSR count). The zero-order valence-electron chi connectivity index (χ0n) is 9.40. The van der Waals surface area contributed by atoms with Crippen LogP contribution >= 0.6 is 11.6 Å². The number of ether oxygens (including phenoxy) is 1. The molecule has 1 aromatic rings. The maximum absolute atomic E-state index is 11.0. The fraction of sp³-hybridized carbons (Fsp3) is 0.300. The van der Waals surface area contributed by atoms with E-state index in [0.29, 0.717) is 0 Å². The Morgan fingerprint density at radius 1 is 1.38 bits per heavy atom. The Hall–Kier alpha value is -1.04. The first-order chi connectivity index (χ1) is 7.56. The minimum Gasteiger partial charge on any atom is -0.465 e. The van der Waals surface area contributed by atoms with Gasteiger partial charge in [-0.3, -0.25) is 0 Å². The summed E-state index contributed by atoms with van der Waals surface area (Å²) in [6.45, 7) is 4.00. The highest BCUT2D eigenvalue weighted by atomic mass is 35.5. The molecule has 88 valence electrons. The summed E-state index contributed by atoms with van der Waals surface area (Å²) < 4.78 is 4.47. The number of rotatable bonds is 2. The van der Waals surface area contributed by atoms with Crippen molar-refractivity contribution in [2.75, 3.05) is 7.11 Å². The summed E-state index contributed by atoms with van der Waals surface area (Å²) in [4.78, 5) is 11.0. The molecule has 0 aliphatic rings. The lowest BCUT2D eigenvalue weighted by Crippen LogP contribution is -2.30. The highest BCUT2D eigenvalue weighted by Gasteiger charge is 2.16. The number of halogens is 1. The Balaban J connectivity index is 0.00000106. The van der Waals surface area contributed by atoms with E-state index in [2.05, 4.69) is 4.74 Å². The molecule has 0 unspecified atom stereocenters. The zero-order chi connectivity index (χ0) is 12.7. The summed E-state index contributed by atoms with van der Waals surface area (Å²) in [7, 11) is -0.389. The summed E-state index contributed by atoms with van der Waals surface area (Å²) in [6, 6.07) is 4.09. The molecule has 0 atom stereocenters. The van der Waals surface area contributed by atoms with Crippen LogP contribution < -0.4 is 5.46 Å². The Labute approximate surface area is 100.0 Å². The zero-order valence-corrected chi connectivity index (χ0v) is 10.2. The van der Waals surface area contributed by atoms with E-state index in [9.17, 15) is 4.79 Å². The van der Waals surface area contributed by atoms with E-state index in [-0.39, 0.29) is 16.0 Å². The Morgan fingerprint density at radius 3 is 2.31 bits per heavy atom. The first-order valence-electron chi connectivity index (χ1n) is 4.80. The molecule has 16 heavy (non-hydrogen) atoms. The van der Waals surface area contributed by atoms with Crippen LogP contribution in [0.2, 0.25) is 5.02 Å². The van der Waals surface area contributed by atoms with Crippen molar-refractivity contribution in [1.29, 1.82) is 0 Å². The molecule has 6 heteroatoms. The van der Waals surface area contributed by atoms with E-state index < -0.39 is 13.1 Å². The lowest BCUT2D eigenvalue weighted by molar-refractivity contribution is 0.0600. The van der Waals surface area contributed by atoms with E-state index in [4.69, 9.17) is 21.6 Å². The van der Waals surface area contributed by atoms with Crippen molar-refractivity contribution in [3.63, 3.8) is 0 Å². The molecule has 0 saturated carbocycles. The molecular weight excluding hydrogens is 230 g/mol. The van der Waals surface area contributed by atoms with Gasteiger partial charge in [-0.2, -0.15) is 0 Å². The molecule has 0 amide bonds. The van der Waals surface area contributed by atoms with Gasteiger partial charge in [-0.25, -0.2) is 4.79 Å². The summed E-state index contributed by atoms with van der Waals surface area (Å²) in [6.07, 6.45) is 0. The molecular formula is C10H14BClO4. The largest absolute Gasteiger partial charge is 0.489 e. The van der Waals surface area contributed by atoms with Crippen LogP contribution in [-0.4, -0.2) is 30.2 Å². The van der Waals surface area contributed by atoms with Crippen LogP contribution in [0.5, 0.6) is 0 Å². The first-order valence-corrected chi connectivity index (χ1v) is 5.18. The van der Waals surface area contributed by atoms with Gasteiger partial charge in [0.2, 0.25) is 0 Å². The van der Waals surface area contributed by atoms with Crippen LogP contribution in [0.3, 0.4) is 0 Å². The second-order valence-corrected chi connectivity index (χ2v) is 3.01. The number of hydrogen-bond acceptors (Lipinski definition) is 4. The normalized spacial score (nSPS) is 8.88. The third kappa shape index (κ3) is 3.85. The van der Waals surface area contributed by atoms with Crippen LogP contribution in [0, 0.1) is 0 Å². The molecule has 4 nitrogen and oxygen atoms in total. The van der Waals surface area contributed by atoms with Gasteiger partial charge in [0.15, 0.2) is 0 Å². The molecule has 0 saturated heterocycles. The second kappa shape index (κ2) is 7.27. The average molecular weight is 244 g/mol. The van der Waals surface area contributed by atoms with Gasteiger partial charge in [0.25, 0.3) is 0 Å². The molecule has 0 fully saturated rings. The standard InChI is InChI=1S/C8H8BClO4.C2H6/c1-14-8(11)5-2-3-6(9(12)13)7(10)4-5;1-2/h2-4,12-13H,1H3;1-2H3. The number of hydrogen-bond donors (Lipinski definition) is 2. The number of benzene rings is 1. The second-order valence-electron chi connectivity index (χ2n) is 2.60. The van der Waals surface area contributed by atoms with Crippen molar-refractivity contribution >= 4 is 30.2 Å². The van der Waals surface area contributed by atoms with Crippen molar-refractivity contribution in [2.24, 2.45) is 0 Å². The average Bonchev–Trinajstić information content (AvgIpc) is 2.30. The third-order valence-electron chi connectivity index (χ3n) is 1.70. The van der Waals surface area contributed by atoms with Gasteiger partial charge >= 0.3 is 13.1 Å². The highest BCUT2D eigenvalue weighted by molar-refractivity contribution is 6.62. The fourth-order valence-electron chi connectivity index (χ4n) is 0.981. The van der Waals surface area contributed by atoms with Crippen LogP contribution in [0.1, 0.15) is 24.2 Å². The third-order valence-corrected chi connectivity index (χ3v) is 2.03. The SMILES string of the molecule is CC.COC(=O)c1ccc(B(O)O)c(Cl)c1. The Kier molecular flexibility index (Phi) is 6.80. The number of methoxy groups -OCH3 is 1. The predicted octanol–water partition coefficient (Wildman–Crippen LogP) is 0.833. The maximum Gasteiger partial charge on any atom is 0.489 e. The minimum atomic E-state index is -1.64. The van der Waals surface area contributed by atoms with E-state index in [1.54, 1.807) is 0 Å². The molecule has 0 aliphatic carbocycles. The fourth-order valence-corrected chi connectivity index (χ4v) is 1.26. The number of carbonyl (C=O) groups excluding carboxylic acids is 1. The van der Waals surface area contributed by atoms with Gasteiger partial charge in [-0.15, -0.1) is 0 Å². The van der Waals surface area contributed by atoms with Crippen molar-refractivity contribution in [1.82, 2.24) is 0 Å². The minimum absolute atomic E-state index is 0.114. The van der Waals surface area contributed by atoms with E-state index in [0.717, 1.165) is 0 Å². The monoisotopic (exact) mass is 244 g/mol. The van der Waals surface area contributed by atoms with Gasteiger partial charge in [-0.1, -0.05) is 31.5 Å². The molecule has 0 aliphatic heterocycles. The summed E-state index contributed by atoms with van der Waals surface area (Å²) in [5.41, 5.74) is 0.418. The number of esters is 1. The van der Waals surface area contributed by atoms with Gasteiger partial charge in [0.1, 0.15) is 0 Å². The Bertz CT molecular complexity index is 355. The molecule has 0 aromatic heterocycles. The molecule has 0 heterocycles. The van der Waals surface area contributed by atoms with Crippen LogP contribution in [0.15, 0.2) is 18.2 Å². The lowest BCUT2D eigenvalue weighted by atomic mass is 9.80. The van der Waals surface area contributed by atoms with Crippen molar-refractivity contribution in [3.05, 3.63) is 28.8 Å². The molecule has 2 N–H and O–H groups in total. The van der Waals surface area contributed by atoms with E-state index in [1.165, 1.54) is 25.3 Å². The van der Waals surface area contributed by atoms with Gasteiger partial charge in [0.05, 0.1) is 12.7 Å². The Morgan fingerprint density at radius 2 is 1.94 bits per heavy atom. The molecule has 0 radical (unpaired) electrons. The first kappa shape index (κ1) is 15.0. The smallest absolute Gasteiger partial charge is 0.465 e. The van der Waals surface area contributed by atoms with Crippen molar-refractivity contribution in [2.45, 2.75) is 13.8 Å². The number of carbonyl (C=O) groups is 1. The van der Waals surface area contributed by atoms with Gasteiger partial charge in [-0.05, 0) is 12.1 Å². The van der Waals surface area contributed by atoms with Crippen molar-refractivity contribution < 1.29 is 19.6 Å². The van der Waals surface area contributed by atoms with Crippen LogP contribution in [0.25, 0.3) is 0 Å². The molecule has 0 spiro atoms. The maximum atomic E-state index is 11.0. The summed E-state index contributed by atoms with van der Waals surface area (Å²) in [5, 5.41) is 17.8. The highest BCUT2D eigenvalue weighted by Crippen LogP contribution is 2.10. The van der Waals surface area contributed by atoms with E-state index >= 15 is 0 Å². The van der Waals surface area contributed by atoms with Crippen LogP contribution in [-0.2, 0) is 4.74 Å². The van der Waals surface area contributed by atoms with E-state index in [1.807, 2.05) is 13.8 Å². The lowest BCUT2D eigenvalue weighted by Gasteiger charge is -2.04. The quantitative estimate of drug-likeness (QED) is 0.597.